The number of carboxylic acid groups (broad SMARTS) is 1. The van der Waals surface area contributed by atoms with Crippen molar-refractivity contribution in [1.82, 2.24) is 0 Å². The molecule has 4 aromatic carbocycles. The van der Waals surface area contributed by atoms with E-state index in [1.165, 1.54) is 5.56 Å². The van der Waals surface area contributed by atoms with Gasteiger partial charge in [0.2, 0.25) is 0 Å². The van der Waals surface area contributed by atoms with Crippen LogP contribution in [0.5, 0.6) is 11.5 Å². The molecule has 0 aromatic heterocycles. The predicted octanol–water partition coefficient (Wildman–Crippen LogP) is 8.01. The molecular weight excluding hydrogens is 457 g/mol. The van der Waals surface area contributed by atoms with E-state index in [1.807, 2.05) is 48.5 Å². The fourth-order valence-corrected chi connectivity index (χ4v) is 3.97. The molecular formula is C27H21Cl2NO3. The van der Waals surface area contributed by atoms with E-state index in [9.17, 15) is 9.90 Å². The highest BCUT2D eigenvalue weighted by atomic mass is 35.5. The number of ether oxygens (including phenoxy) is 1. The maximum atomic E-state index is 11.4. The van der Waals surface area contributed by atoms with E-state index in [0.717, 1.165) is 29.8 Å². The molecule has 2 N–H and O–H groups in total. The Balaban J connectivity index is 1.38. The number of para-hydroxylation sites is 1. The number of hydrogen-bond donors (Lipinski definition) is 2. The minimum Gasteiger partial charge on any atom is -0.478 e. The number of benzene rings is 4. The van der Waals surface area contributed by atoms with Crippen molar-refractivity contribution < 1.29 is 14.6 Å². The summed E-state index contributed by atoms with van der Waals surface area (Å²) < 4.78 is 5.91. The van der Waals surface area contributed by atoms with Gasteiger partial charge in [0.15, 0.2) is 0 Å². The molecule has 0 fully saturated rings. The van der Waals surface area contributed by atoms with Gasteiger partial charge in [-0.05, 0) is 78.6 Å². The Bertz CT molecular complexity index is 1250. The molecule has 0 unspecified atom stereocenters. The number of aryl methyl sites for hydroxylation is 2. The summed E-state index contributed by atoms with van der Waals surface area (Å²) in [6, 6.07) is 27.9. The van der Waals surface area contributed by atoms with Crippen LogP contribution in [0.15, 0.2) is 91.0 Å². The minimum absolute atomic E-state index is 0.240. The standard InChI is InChI=1S/C27H21Cl2NO3/c28-20-15-21(29)17-24(16-20)33-23-5-3-4-19(14-23)9-8-18-10-12-22(13-11-18)30-26-7-2-1-6-25(26)27(31)32/h1-7,10-17,30H,8-9H2,(H,31,32). The fourth-order valence-electron chi connectivity index (χ4n) is 3.47. The first kappa shape index (κ1) is 22.7. The van der Waals surface area contributed by atoms with Crippen LogP contribution in [0.4, 0.5) is 11.4 Å². The Morgan fingerprint density at radius 1 is 0.758 bits per heavy atom. The Morgan fingerprint density at radius 2 is 1.45 bits per heavy atom. The number of hydrogen-bond acceptors (Lipinski definition) is 3. The zero-order chi connectivity index (χ0) is 23.2. The molecule has 0 aliphatic carbocycles. The number of halogens is 2. The van der Waals surface area contributed by atoms with E-state index in [1.54, 1.807) is 36.4 Å². The third-order valence-electron chi connectivity index (χ3n) is 5.06. The highest BCUT2D eigenvalue weighted by molar-refractivity contribution is 6.34. The van der Waals surface area contributed by atoms with E-state index in [4.69, 9.17) is 27.9 Å². The number of rotatable bonds is 8. The van der Waals surface area contributed by atoms with Gasteiger partial charge in [-0.2, -0.15) is 0 Å². The first-order valence-electron chi connectivity index (χ1n) is 10.4. The van der Waals surface area contributed by atoms with Gasteiger partial charge in [-0.15, -0.1) is 0 Å². The van der Waals surface area contributed by atoms with Gasteiger partial charge in [0, 0.05) is 15.7 Å². The van der Waals surface area contributed by atoms with Gasteiger partial charge in [0.25, 0.3) is 0 Å². The molecule has 0 spiro atoms. The SMILES string of the molecule is O=C(O)c1ccccc1Nc1ccc(CCc2cccc(Oc3cc(Cl)cc(Cl)c3)c2)cc1. The molecule has 33 heavy (non-hydrogen) atoms. The lowest BCUT2D eigenvalue weighted by molar-refractivity contribution is 0.0698. The highest BCUT2D eigenvalue weighted by Crippen LogP contribution is 2.29. The van der Waals surface area contributed by atoms with Crippen LogP contribution in [0.1, 0.15) is 21.5 Å². The van der Waals surface area contributed by atoms with E-state index >= 15 is 0 Å². The van der Waals surface area contributed by atoms with Gasteiger partial charge < -0.3 is 15.2 Å². The lowest BCUT2D eigenvalue weighted by Gasteiger charge is -2.11. The first-order valence-corrected chi connectivity index (χ1v) is 11.1. The summed E-state index contributed by atoms with van der Waals surface area (Å²) in [5.74, 6) is 0.360. The molecule has 0 aliphatic rings. The monoisotopic (exact) mass is 477 g/mol. The molecule has 0 heterocycles. The molecule has 0 radical (unpaired) electrons. The van der Waals surface area contributed by atoms with Gasteiger partial charge in [0.1, 0.15) is 11.5 Å². The van der Waals surface area contributed by atoms with Gasteiger partial charge >= 0.3 is 5.97 Å². The van der Waals surface area contributed by atoms with Crippen molar-refractivity contribution in [2.45, 2.75) is 12.8 Å². The zero-order valence-corrected chi connectivity index (χ0v) is 19.1. The molecule has 0 saturated heterocycles. The molecule has 0 atom stereocenters. The van der Waals surface area contributed by atoms with E-state index in [0.29, 0.717) is 21.5 Å². The molecule has 0 bridgehead atoms. The first-order chi connectivity index (χ1) is 16.0. The topological polar surface area (TPSA) is 58.6 Å². The van der Waals surface area contributed by atoms with Crippen molar-refractivity contribution in [2.75, 3.05) is 5.32 Å². The lowest BCUT2D eigenvalue weighted by Crippen LogP contribution is -2.02. The van der Waals surface area contributed by atoms with Gasteiger partial charge in [-0.25, -0.2) is 4.79 Å². The average Bonchev–Trinajstić information content (AvgIpc) is 2.78. The van der Waals surface area contributed by atoms with Crippen LogP contribution in [0.2, 0.25) is 10.0 Å². The van der Waals surface area contributed by atoms with Crippen molar-refractivity contribution in [3.63, 3.8) is 0 Å². The Hall–Kier alpha value is -3.47. The fraction of sp³-hybridized carbons (Fsp3) is 0.0741. The maximum absolute atomic E-state index is 11.4. The average molecular weight is 478 g/mol. The number of anilines is 2. The highest BCUT2D eigenvalue weighted by Gasteiger charge is 2.09. The van der Waals surface area contributed by atoms with Crippen LogP contribution in [0, 0.1) is 0 Å². The molecule has 4 aromatic rings. The second kappa shape index (κ2) is 10.4. The minimum atomic E-state index is -0.959. The van der Waals surface area contributed by atoms with Crippen molar-refractivity contribution in [1.29, 1.82) is 0 Å². The summed E-state index contributed by atoms with van der Waals surface area (Å²) in [5.41, 5.74) is 3.97. The Labute approximate surface area is 202 Å². The normalized spacial score (nSPS) is 10.6. The zero-order valence-electron chi connectivity index (χ0n) is 17.6. The number of carboxylic acids is 1. The largest absolute Gasteiger partial charge is 0.478 e. The second-order valence-electron chi connectivity index (χ2n) is 7.53. The van der Waals surface area contributed by atoms with Crippen LogP contribution in [0.3, 0.4) is 0 Å². The Kier molecular flexibility index (Phi) is 7.18. The summed E-state index contributed by atoms with van der Waals surface area (Å²) in [6.07, 6.45) is 1.71. The number of carbonyl (C=O) groups is 1. The van der Waals surface area contributed by atoms with Gasteiger partial charge in [-0.1, -0.05) is 59.6 Å². The van der Waals surface area contributed by atoms with Crippen molar-refractivity contribution in [3.05, 3.63) is 118 Å². The molecule has 4 rings (SSSR count). The van der Waals surface area contributed by atoms with E-state index in [2.05, 4.69) is 11.4 Å². The summed E-state index contributed by atoms with van der Waals surface area (Å²) >= 11 is 12.1. The Morgan fingerprint density at radius 3 is 2.18 bits per heavy atom. The van der Waals surface area contributed by atoms with E-state index in [-0.39, 0.29) is 5.56 Å². The summed E-state index contributed by atoms with van der Waals surface area (Å²) in [5, 5.41) is 13.6. The summed E-state index contributed by atoms with van der Waals surface area (Å²) in [4.78, 5) is 11.4. The lowest BCUT2D eigenvalue weighted by atomic mass is 10.0. The molecule has 166 valence electrons. The molecule has 4 nitrogen and oxygen atoms in total. The third-order valence-corrected chi connectivity index (χ3v) is 5.50. The number of nitrogens with one attached hydrogen (secondary N) is 1. The quantitative estimate of drug-likeness (QED) is 0.269. The van der Waals surface area contributed by atoms with E-state index < -0.39 is 5.97 Å². The molecule has 0 saturated carbocycles. The van der Waals surface area contributed by atoms with Crippen molar-refractivity contribution in [2.24, 2.45) is 0 Å². The van der Waals surface area contributed by atoms with Crippen molar-refractivity contribution in [3.8, 4) is 11.5 Å². The van der Waals surface area contributed by atoms with Gasteiger partial charge in [0.05, 0.1) is 11.3 Å². The van der Waals surface area contributed by atoms with Crippen LogP contribution in [0.25, 0.3) is 0 Å². The second-order valence-corrected chi connectivity index (χ2v) is 8.40. The predicted molar refractivity (Wildman–Crippen MR) is 134 cm³/mol. The summed E-state index contributed by atoms with van der Waals surface area (Å²) in [6.45, 7) is 0. The van der Waals surface area contributed by atoms with Crippen LogP contribution in [-0.2, 0) is 12.8 Å². The van der Waals surface area contributed by atoms with Crippen molar-refractivity contribution >= 4 is 40.5 Å². The third kappa shape index (κ3) is 6.28. The smallest absolute Gasteiger partial charge is 0.337 e. The number of aromatic carboxylic acids is 1. The van der Waals surface area contributed by atoms with Crippen LogP contribution < -0.4 is 10.1 Å². The molecule has 0 amide bonds. The van der Waals surface area contributed by atoms with Crippen LogP contribution >= 0.6 is 23.2 Å². The van der Waals surface area contributed by atoms with Crippen LogP contribution in [-0.4, -0.2) is 11.1 Å². The molecule has 0 aliphatic heterocycles. The summed E-state index contributed by atoms with van der Waals surface area (Å²) in [7, 11) is 0. The van der Waals surface area contributed by atoms with Gasteiger partial charge in [-0.3, -0.25) is 0 Å². The molecule has 6 heteroatoms. The maximum Gasteiger partial charge on any atom is 0.337 e.